The number of nitrogens with one attached hydrogen (secondary N) is 1. The van der Waals surface area contributed by atoms with Gasteiger partial charge in [0, 0.05) is 12.8 Å². The van der Waals surface area contributed by atoms with Crippen LogP contribution in [0, 0.1) is 0 Å². The Hall–Kier alpha value is -2.86. The Balaban J connectivity index is 1.81. The van der Waals surface area contributed by atoms with Gasteiger partial charge in [-0.3, -0.25) is 9.78 Å². The van der Waals surface area contributed by atoms with Crippen LogP contribution in [-0.2, 0) is 15.1 Å². The van der Waals surface area contributed by atoms with Crippen LogP contribution in [0.5, 0.6) is 11.5 Å². The van der Waals surface area contributed by atoms with E-state index in [9.17, 15) is 4.79 Å². The molecule has 0 saturated carbocycles. The number of nitrogens with zero attached hydrogens (tertiary/aromatic N) is 1. The molecule has 26 heavy (non-hydrogen) atoms. The van der Waals surface area contributed by atoms with Crippen LogP contribution in [0.2, 0.25) is 0 Å². The van der Waals surface area contributed by atoms with Gasteiger partial charge in [-0.05, 0) is 48.7 Å². The number of fused-ring (bicyclic) bond motifs is 1. The number of hydrogen-bond acceptors (Lipinski definition) is 5. The normalized spacial score (nSPS) is 22.0. The zero-order chi connectivity index (χ0) is 18.0. The third-order valence-electron chi connectivity index (χ3n) is 4.84. The van der Waals surface area contributed by atoms with Crippen molar-refractivity contribution >= 4 is 5.91 Å². The van der Waals surface area contributed by atoms with E-state index in [0.29, 0.717) is 18.1 Å². The predicted molar refractivity (Wildman–Crippen MR) is 94.7 cm³/mol. The molecule has 3 heterocycles. The summed E-state index contributed by atoms with van der Waals surface area (Å²) < 4.78 is 17.2. The lowest BCUT2D eigenvalue weighted by molar-refractivity contribution is -0.120. The van der Waals surface area contributed by atoms with E-state index in [4.69, 9.17) is 14.2 Å². The molecule has 1 fully saturated rings. The van der Waals surface area contributed by atoms with Crippen molar-refractivity contribution in [1.82, 2.24) is 10.3 Å². The summed E-state index contributed by atoms with van der Waals surface area (Å²) in [7, 11) is 0. The number of rotatable bonds is 5. The van der Waals surface area contributed by atoms with Gasteiger partial charge in [0.1, 0.15) is 11.6 Å². The van der Waals surface area contributed by atoms with Gasteiger partial charge in [-0.2, -0.15) is 0 Å². The van der Waals surface area contributed by atoms with Gasteiger partial charge >= 0.3 is 0 Å². The molecule has 2 unspecified atom stereocenters. The Kier molecular flexibility index (Phi) is 4.34. The number of pyridine rings is 1. The molecule has 0 radical (unpaired) electrons. The van der Waals surface area contributed by atoms with Gasteiger partial charge in [-0.15, -0.1) is 0 Å². The van der Waals surface area contributed by atoms with Crippen LogP contribution in [0.1, 0.15) is 30.1 Å². The lowest BCUT2D eigenvalue weighted by Gasteiger charge is -2.37. The third-order valence-corrected chi connectivity index (χ3v) is 4.84. The highest BCUT2D eigenvalue weighted by Gasteiger charge is 2.47. The molecule has 1 aromatic carbocycles. The van der Waals surface area contributed by atoms with Crippen molar-refractivity contribution in [3.8, 4) is 11.5 Å². The quantitative estimate of drug-likeness (QED) is 0.838. The van der Waals surface area contributed by atoms with Gasteiger partial charge in [0.15, 0.2) is 11.5 Å². The largest absolute Gasteiger partial charge is 0.454 e. The second-order valence-corrected chi connectivity index (χ2v) is 6.31. The fourth-order valence-electron chi connectivity index (χ4n) is 3.62. The zero-order valence-corrected chi connectivity index (χ0v) is 14.3. The molecule has 1 amide bonds. The summed E-state index contributed by atoms with van der Waals surface area (Å²) in [6, 6.07) is 11.0. The Morgan fingerprint density at radius 1 is 1.27 bits per heavy atom. The highest BCUT2D eigenvalue weighted by molar-refractivity contribution is 5.87. The van der Waals surface area contributed by atoms with Crippen LogP contribution in [0.15, 0.2) is 55.3 Å². The maximum atomic E-state index is 12.2. The van der Waals surface area contributed by atoms with E-state index in [-0.39, 0.29) is 12.7 Å². The monoisotopic (exact) mass is 352 g/mol. The van der Waals surface area contributed by atoms with Gasteiger partial charge in [-0.1, -0.05) is 18.7 Å². The average molecular weight is 352 g/mol. The van der Waals surface area contributed by atoms with Crippen molar-refractivity contribution < 1.29 is 19.0 Å². The van der Waals surface area contributed by atoms with Crippen LogP contribution in [0.25, 0.3) is 0 Å². The molecule has 0 bridgehead atoms. The van der Waals surface area contributed by atoms with Crippen LogP contribution < -0.4 is 14.8 Å². The number of amides is 1. The first kappa shape index (κ1) is 16.6. The Morgan fingerprint density at radius 3 is 2.88 bits per heavy atom. The van der Waals surface area contributed by atoms with Crippen molar-refractivity contribution in [2.24, 2.45) is 0 Å². The fraction of sp³-hybridized carbons (Fsp3) is 0.300. The van der Waals surface area contributed by atoms with Crippen LogP contribution >= 0.6 is 0 Å². The Labute approximate surface area is 151 Å². The zero-order valence-electron chi connectivity index (χ0n) is 14.3. The van der Waals surface area contributed by atoms with Gasteiger partial charge < -0.3 is 19.5 Å². The molecule has 2 atom stereocenters. The first-order valence-electron chi connectivity index (χ1n) is 8.61. The van der Waals surface area contributed by atoms with E-state index >= 15 is 0 Å². The molecule has 1 aromatic heterocycles. The molecular formula is C20H20N2O4. The minimum absolute atomic E-state index is 0.212. The number of aromatic nitrogens is 1. The van der Waals surface area contributed by atoms with Crippen LogP contribution in [0.4, 0.5) is 0 Å². The number of carbonyl (C=O) groups is 1. The summed E-state index contributed by atoms with van der Waals surface area (Å²) in [6.07, 6.45) is 4.62. The maximum Gasteiger partial charge on any atom is 0.244 e. The van der Waals surface area contributed by atoms with Gasteiger partial charge in [0.05, 0.1) is 5.69 Å². The molecule has 2 aromatic rings. The van der Waals surface area contributed by atoms with E-state index in [1.807, 2.05) is 36.4 Å². The molecule has 4 rings (SSSR count). The first-order chi connectivity index (χ1) is 12.7. The summed E-state index contributed by atoms with van der Waals surface area (Å²) in [5.74, 6) is 1.13. The maximum absolute atomic E-state index is 12.2. The van der Waals surface area contributed by atoms with Crippen molar-refractivity contribution in [2.45, 2.75) is 24.5 Å². The summed E-state index contributed by atoms with van der Waals surface area (Å²) >= 11 is 0. The minimum Gasteiger partial charge on any atom is -0.454 e. The molecule has 134 valence electrons. The van der Waals surface area contributed by atoms with Crippen LogP contribution in [0.3, 0.4) is 0 Å². The molecule has 6 heteroatoms. The lowest BCUT2D eigenvalue weighted by atomic mass is 9.81. The number of ether oxygens (including phenoxy) is 3. The molecule has 0 aliphatic carbocycles. The molecular weight excluding hydrogens is 332 g/mol. The third kappa shape index (κ3) is 2.82. The fourth-order valence-corrected chi connectivity index (χ4v) is 3.62. The van der Waals surface area contributed by atoms with E-state index in [1.165, 1.54) is 6.08 Å². The minimum atomic E-state index is -0.728. The number of carbonyl (C=O) groups excluding carboxylic acids is 1. The van der Waals surface area contributed by atoms with Crippen molar-refractivity contribution in [3.05, 3.63) is 66.5 Å². The SMILES string of the molecule is C=CC(=O)NC(c1ccccn1)C1(c2ccc3c(c2)OCO3)CCCO1. The molecule has 2 aliphatic rings. The van der Waals surface area contributed by atoms with Gasteiger partial charge in [0.25, 0.3) is 0 Å². The number of benzene rings is 1. The summed E-state index contributed by atoms with van der Waals surface area (Å²) in [5.41, 5.74) is 0.940. The highest BCUT2D eigenvalue weighted by atomic mass is 16.7. The van der Waals surface area contributed by atoms with Crippen molar-refractivity contribution in [1.29, 1.82) is 0 Å². The molecule has 6 nitrogen and oxygen atoms in total. The molecule has 1 N–H and O–H groups in total. The summed E-state index contributed by atoms with van der Waals surface area (Å²) in [4.78, 5) is 16.6. The smallest absolute Gasteiger partial charge is 0.244 e. The molecule has 2 aliphatic heterocycles. The summed E-state index contributed by atoms with van der Waals surface area (Å²) in [5, 5.41) is 3.02. The van der Waals surface area contributed by atoms with E-state index < -0.39 is 11.6 Å². The first-order valence-corrected chi connectivity index (χ1v) is 8.61. The van der Waals surface area contributed by atoms with Crippen molar-refractivity contribution in [2.75, 3.05) is 13.4 Å². The standard InChI is InChI=1S/C20H20N2O4/c1-2-18(23)22-19(15-6-3-4-10-21-15)20(9-5-11-26-20)14-7-8-16-17(12-14)25-13-24-16/h2-4,6-8,10,12,19H,1,5,9,11,13H2,(H,22,23). The van der Waals surface area contributed by atoms with Crippen LogP contribution in [-0.4, -0.2) is 24.3 Å². The van der Waals surface area contributed by atoms with E-state index in [0.717, 1.165) is 24.1 Å². The van der Waals surface area contributed by atoms with Gasteiger partial charge in [0.2, 0.25) is 12.7 Å². The topological polar surface area (TPSA) is 69.7 Å². The van der Waals surface area contributed by atoms with E-state index in [2.05, 4.69) is 16.9 Å². The van der Waals surface area contributed by atoms with Gasteiger partial charge in [-0.25, -0.2) is 0 Å². The average Bonchev–Trinajstić information content (AvgIpc) is 3.36. The predicted octanol–water partition coefficient (Wildman–Crippen LogP) is 2.86. The molecule has 1 saturated heterocycles. The summed E-state index contributed by atoms with van der Waals surface area (Å²) in [6.45, 7) is 4.39. The Bertz CT molecular complexity index is 816. The second kappa shape index (κ2) is 6.80. The lowest BCUT2D eigenvalue weighted by Crippen LogP contribution is -2.43. The Morgan fingerprint density at radius 2 is 2.15 bits per heavy atom. The second-order valence-electron chi connectivity index (χ2n) is 6.31. The highest BCUT2D eigenvalue weighted by Crippen LogP contribution is 2.48. The number of hydrogen-bond donors (Lipinski definition) is 1. The van der Waals surface area contributed by atoms with E-state index in [1.54, 1.807) is 6.20 Å². The molecule has 0 spiro atoms. The van der Waals surface area contributed by atoms with Crippen molar-refractivity contribution in [3.63, 3.8) is 0 Å².